The predicted molar refractivity (Wildman–Crippen MR) is 77.8 cm³/mol. The number of carbonyl (C=O) groups is 1. The topological polar surface area (TPSA) is 26.3 Å². The standard InChI is InChI=1S/C15H27ClO2/c1-2-3-4-5-6-7-8-9-10-12-15(17)18-14-11-13-16/h11,13H,2-10,12,14H2,1H3/b13-11+. The van der Waals surface area contributed by atoms with Crippen molar-refractivity contribution in [3.63, 3.8) is 0 Å². The minimum Gasteiger partial charge on any atom is -0.461 e. The number of carbonyl (C=O) groups excluding carboxylic acids is 1. The average molecular weight is 275 g/mol. The summed E-state index contributed by atoms with van der Waals surface area (Å²) in [5.41, 5.74) is 1.37. The van der Waals surface area contributed by atoms with Crippen molar-refractivity contribution in [1.29, 1.82) is 0 Å². The van der Waals surface area contributed by atoms with Gasteiger partial charge in [-0.1, -0.05) is 69.9 Å². The minimum absolute atomic E-state index is 0.118. The van der Waals surface area contributed by atoms with Crippen molar-refractivity contribution in [1.82, 2.24) is 0 Å². The summed E-state index contributed by atoms with van der Waals surface area (Å²) in [5, 5.41) is 0. The van der Waals surface area contributed by atoms with Crippen LogP contribution in [0.15, 0.2) is 11.6 Å². The van der Waals surface area contributed by atoms with Crippen molar-refractivity contribution in [2.75, 3.05) is 6.61 Å². The van der Waals surface area contributed by atoms with E-state index >= 15 is 0 Å². The lowest BCUT2D eigenvalue weighted by Crippen LogP contribution is -2.03. The Kier molecular flexibility index (Phi) is 14.2. The Balaban J connectivity index is 3.12. The molecule has 0 N–H and O–H groups in total. The summed E-state index contributed by atoms with van der Waals surface area (Å²) in [6.07, 6.45) is 13.5. The van der Waals surface area contributed by atoms with Gasteiger partial charge in [-0.15, -0.1) is 0 Å². The summed E-state index contributed by atoms with van der Waals surface area (Å²) in [7, 11) is 0. The van der Waals surface area contributed by atoms with Crippen LogP contribution in [0.1, 0.15) is 71.1 Å². The third-order valence-electron chi connectivity index (χ3n) is 2.91. The summed E-state index contributed by atoms with van der Waals surface area (Å²) in [5.74, 6) is -0.118. The molecule has 0 radical (unpaired) electrons. The van der Waals surface area contributed by atoms with Crippen molar-refractivity contribution in [2.45, 2.75) is 71.1 Å². The van der Waals surface area contributed by atoms with Crippen LogP contribution in [0.2, 0.25) is 0 Å². The number of rotatable bonds is 12. The molecule has 0 bridgehead atoms. The lowest BCUT2D eigenvalue weighted by molar-refractivity contribution is -0.142. The molecular formula is C15H27ClO2. The molecule has 0 aliphatic heterocycles. The van der Waals surface area contributed by atoms with Crippen molar-refractivity contribution < 1.29 is 9.53 Å². The largest absolute Gasteiger partial charge is 0.461 e. The number of hydrogen-bond acceptors (Lipinski definition) is 2. The Morgan fingerprint density at radius 2 is 1.56 bits per heavy atom. The zero-order valence-corrected chi connectivity index (χ0v) is 12.4. The van der Waals surface area contributed by atoms with Gasteiger partial charge in [0, 0.05) is 12.0 Å². The van der Waals surface area contributed by atoms with Crippen molar-refractivity contribution in [3.05, 3.63) is 11.6 Å². The molecule has 18 heavy (non-hydrogen) atoms. The number of hydrogen-bond donors (Lipinski definition) is 0. The molecule has 0 unspecified atom stereocenters. The van der Waals surface area contributed by atoms with E-state index < -0.39 is 0 Å². The van der Waals surface area contributed by atoms with Crippen molar-refractivity contribution in [3.8, 4) is 0 Å². The van der Waals surface area contributed by atoms with Crippen molar-refractivity contribution in [2.24, 2.45) is 0 Å². The summed E-state index contributed by atoms with van der Waals surface area (Å²) in [6, 6.07) is 0. The van der Waals surface area contributed by atoms with Gasteiger partial charge in [-0.2, -0.15) is 0 Å². The Labute approximate surface area is 117 Å². The Morgan fingerprint density at radius 1 is 1.00 bits per heavy atom. The highest BCUT2D eigenvalue weighted by Crippen LogP contribution is 2.10. The highest BCUT2D eigenvalue weighted by atomic mass is 35.5. The molecule has 3 heteroatoms. The number of unbranched alkanes of at least 4 members (excludes halogenated alkanes) is 8. The van der Waals surface area contributed by atoms with E-state index in [1.54, 1.807) is 6.08 Å². The molecule has 0 amide bonds. The third-order valence-corrected chi connectivity index (χ3v) is 3.09. The fraction of sp³-hybridized carbons (Fsp3) is 0.800. The zero-order valence-electron chi connectivity index (χ0n) is 11.6. The molecule has 0 spiro atoms. The fourth-order valence-electron chi connectivity index (χ4n) is 1.83. The number of halogens is 1. The van der Waals surface area contributed by atoms with Gasteiger partial charge >= 0.3 is 5.97 Å². The Morgan fingerprint density at radius 3 is 2.11 bits per heavy atom. The Hall–Kier alpha value is -0.500. The second-order valence-electron chi connectivity index (χ2n) is 4.62. The zero-order chi connectivity index (χ0) is 13.5. The van der Waals surface area contributed by atoms with Gasteiger partial charge in [0.2, 0.25) is 0 Å². The van der Waals surface area contributed by atoms with Gasteiger partial charge in [0.05, 0.1) is 0 Å². The van der Waals surface area contributed by atoms with Gasteiger partial charge in [-0.05, 0) is 12.5 Å². The molecule has 0 fully saturated rings. The maximum absolute atomic E-state index is 11.2. The number of esters is 1. The molecule has 0 heterocycles. The molecule has 0 aliphatic rings. The van der Waals surface area contributed by atoms with E-state index in [-0.39, 0.29) is 5.97 Å². The first-order chi connectivity index (χ1) is 8.81. The van der Waals surface area contributed by atoms with E-state index in [1.807, 2.05) is 0 Å². The van der Waals surface area contributed by atoms with E-state index in [2.05, 4.69) is 6.92 Å². The first-order valence-corrected chi connectivity index (χ1v) is 7.65. The van der Waals surface area contributed by atoms with Crippen LogP contribution in [-0.2, 0) is 9.53 Å². The third kappa shape index (κ3) is 13.6. The van der Waals surface area contributed by atoms with Gasteiger partial charge < -0.3 is 4.74 Å². The second-order valence-corrected chi connectivity index (χ2v) is 4.88. The lowest BCUT2D eigenvalue weighted by atomic mass is 10.1. The normalized spacial score (nSPS) is 11.0. The second kappa shape index (κ2) is 14.6. The van der Waals surface area contributed by atoms with E-state index in [4.69, 9.17) is 16.3 Å². The van der Waals surface area contributed by atoms with Crippen LogP contribution in [-0.4, -0.2) is 12.6 Å². The molecule has 0 saturated heterocycles. The highest BCUT2D eigenvalue weighted by molar-refractivity contribution is 6.25. The van der Waals surface area contributed by atoms with Crippen LogP contribution >= 0.6 is 11.6 Å². The molecular weight excluding hydrogens is 248 g/mol. The van der Waals surface area contributed by atoms with E-state index in [1.165, 1.54) is 50.5 Å². The maximum Gasteiger partial charge on any atom is 0.306 e. The van der Waals surface area contributed by atoms with Gasteiger partial charge in [-0.3, -0.25) is 4.79 Å². The molecule has 2 nitrogen and oxygen atoms in total. The summed E-state index contributed by atoms with van der Waals surface area (Å²) >= 11 is 5.32. The van der Waals surface area contributed by atoms with Gasteiger partial charge in [0.25, 0.3) is 0 Å². The van der Waals surface area contributed by atoms with Crippen LogP contribution in [0.25, 0.3) is 0 Å². The quantitative estimate of drug-likeness (QED) is 0.361. The first-order valence-electron chi connectivity index (χ1n) is 7.22. The molecule has 0 aromatic rings. The smallest absolute Gasteiger partial charge is 0.306 e. The summed E-state index contributed by atoms with van der Waals surface area (Å²) in [4.78, 5) is 11.2. The predicted octanol–water partition coefficient (Wildman–Crippen LogP) is 5.20. The van der Waals surface area contributed by atoms with E-state index in [0.29, 0.717) is 13.0 Å². The molecule has 0 aromatic heterocycles. The van der Waals surface area contributed by atoms with E-state index in [9.17, 15) is 4.79 Å². The molecule has 106 valence electrons. The van der Waals surface area contributed by atoms with Crippen molar-refractivity contribution >= 4 is 17.6 Å². The fourth-order valence-corrected chi connectivity index (χ4v) is 1.90. The SMILES string of the molecule is CCCCCCCCCCCC(=O)OC/C=C/Cl. The average Bonchev–Trinajstić information content (AvgIpc) is 2.37. The Bertz CT molecular complexity index is 215. The van der Waals surface area contributed by atoms with E-state index in [0.717, 1.165) is 12.8 Å². The number of ether oxygens (including phenoxy) is 1. The molecule has 0 rings (SSSR count). The molecule has 0 aliphatic carbocycles. The van der Waals surface area contributed by atoms with Crippen LogP contribution in [0.5, 0.6) is 0 Å². The van der Waals surface area contributed by atoms with Gasteiger partial charge in [-0.25, -0.2) is 0 Å². The van der Waals surface area contributed by atoms with Crippen LogP contribution < -0.4 is 0 Å². The monoisotopic (exact) mass is 274 g/mol. The lowest BCUT2D eigenvalue weighted by Gasteiger charge is -2.02. The van der Waals surface area contributed by atoms with Crippen LogP contribution in [0.3, 0.4) is 0 Å². The van der Waals surface area contributed by atoms with Gasteiger partial charge in [0.1, 0.15) is 6.61 Å². The summed E-state index contributed by atoms with van der Waals surface area (Å²) < 4.78 is 4.94. The molecule has 0 saturated carbocycles. The van der Waals surface area contributed by atoms with Crippen LogP contribution in [0.4, 0.5) is 0 Å². The first kappa shape index (κ1) is 17.5. The van der Waals surface area contributed by atoms with Gasteiger partial charge in [0.15, 0.2) is 0 Å². The van der Waals surface area contributed by atoms with Crippen LogP contribution in [0, 0.1) is 0 Å². The molecule has 0 aromatic carbocycles. The molecule has 0 atom stereocenters. The highest BCUT2D eigenvalue weighted by Gasteiger charge is 2.00. The summed E-state index contributed by atoms with van der Waals surface area (Å²) in [6.45, 7) is 2.53. The minimum atomic E-state index is -0.118. The maximum atomic E-state index is 11.2.